The first-order chi connectivity index (χ1) is 22.1. The molecule has 0 saturated carbocycles. The number of alkyl halides is 30. The average Bonchev–Trinajstić information content (AvgIpc) is 2.87. The Morgan fingerprint density at radius 2 is 0.481 bits per heavy atom. The van der Waals surface area contributed by atoms with Crippen LogP contribution in [-0.2, 0) is 4.79 Å². The van der Waals surface area contributed by atoms with E-state index in [1.165, 1.54) is 0 Å². The van der Waals surface area contributed by atoms with Crippen molar-refractivity contribution in [2.24, 2.45) is 0 Å². The molecule has 2 atom stereocenters. The molecule has 0 spiro atoms. The van der Waals surface area contributed by atoms with Gasteiger partial charge in [-0.15, -0.1) is 0 Å². The van der Waals surface area contributed by atoms with Crippen molar-refractivity contribution in [3.8, 4) is 0 Å². The van der Waals surface area contributed by atoms with E-state index in [4.69, 9.17) is 0 Å². The molecule has 0 aromatic rings. The van der Waals surface area contributed by atoms with E-state index in [0.717, 1.165) is 0 Å². The van der Waals surface area contributed by atoms with Gasteiger partial charge in [-0.25, -0.2) is 17.6 Å². The molecule has 0 amide bonds. The first-order valence-electron chi connectivity index (χ1n) is 12.3. The minimum absolute atomic E-state index is 2.50. The number of Topliss-reactive ketones (excluding diaryl/α,β-unsaturated/α-hetero) is 1. The van der Waals surface area contributed by atoms with Crippen LogP contribution in [0.2, 0.25) is 0 Å². The third kappa shape index (κ3) is 7.22. The molecular weight excluding hydrogens is 838 g/mol. The highest BCUT2D eigenvalue weighted by molar-refractivity contribution is 5.78. The van der Waals surface area contributed by atoms with E-state index < -0.39 is 128 Å². The second-order valence-corrected chi connectivity index (χ2v) is 10.4. The van der Waals surface area contributed by atoms with E-state index in [0.29, 0.717) is 0 Å². The zero-order chi connectivity index (χ0) is 42.8. The molecule has 0 aliphatic rings. The predicted molar refractivity (Wildman–Crippen MR) is 104 cm³/mol. The summed E-state index contributed by atoms with van der Waals surface area (Å²) >= 11 is 0. The number of ketones is 1. The molecule has 52 heavy (non-hydrogen) atoms. The molecule has 0 aromatic carbocycles. The van der Waals surface area contributed by atoms with Gasteiger partial charge in [-0.1, -0.05) is 0 Å². The summed E-state index contributed by atoms with van der Waals surface area (Å²) in [5, 5.41) is 0. The lowest BCUT2D eigenvalue weighted by molar-refractivity contribution is -0.441. The summed E-state index contributed by atoms with van der Waals surface area (Å²) in [6.07, 6.45) is -67.5. The summed E-state index contributed by atoms with van der Waals surface area (Å²) in [5.41, 5.74) is -32.7. The fourth-order valence-electron chi connectivity index (χ4n) is 4.35. The average molecular weight is 850 g/mol. The molecule has 2 unspecified atom stereocenters. The van der Waals surface area contributed by atoms with E-state index in [1.807, 2.05) is 0 Å². The molecule has 0 N–H and O–H groups in total. The van der Waals surface area contributed by atoms with Gasteiger partial charge < -0.3 is 0 Å². The van der Waals surface area contributed by atoms with Gasteiger partial charge >= 0.3 is 72.1 Å². The van der Waals surface area contributed by atoms with Crippen molar-refractivity contribution in [3.05, 3.63) is 0 Å². The maximum absolute atomic E-state index is 15.0. The van der Waals surface area contributed by atoms with Gasteiger partial charge in [0.05, 0.1) is 0 Å². The number of hydrogen-bond donors (Lipinski definition) is 0. The highest BCUT2D eigenvalue weighted by Crippen LogP contribution is 2.66. The molecule has 0 radical (unpaired) electrons. The Morgan fingerprint density at radius 3 is 0.635 bits per heavy atom. The summed E-state index contributed by atoms with van der Waals surface area (Å²) < 4.78 is 400. The molecule has 312 valence electrons. The maximum Gasteiger partial charge on any atom is 0.460 e. The Labute approximate surface area is 265 Å². The predicted octanol–water partition coefficient (Wildman–Crippen LogP) is 11.6. The second kappa shape index (κ2) is 13.4. The Kier molecular flexibility index (Phi) is 12.8. The fraction of sp³-hybridized carbons (Fsp3) is 0.952. The molecular formula is C21H12F30O. The van der Waals surface area contributed by atoms with E-state index in [-0.39, 0.29) is 0 Å². The van der Waals surface area contributed by atoms with Crippen LogP contribution in [0.15, 0.2) is 0 Å². The van der Waals surface area contributed by atoms with E-state index in [9.17, 15) is 137 Å². The summed E-state index contributed by atoms with van der Waals surface area (Å²) in [5.74, 6) is -36.3. The molecule has 0 heterocycles. The lowest BCUT2D eigenvalue weighted by Gasteiger charge is -2.46. The van der Waals surface area contributed by atoms with Crippen LogP contribution in [0.5, 0.6) is 0 Å². The summed E-state index contributed by atoms with van der Waals surface area (Å²) in [4.78, 5) is 11.8. The van der Waals surface area contributed by atoms with Crippen LogP contribution in [0.4, 0.5) is 132 Å². The van der Waals surface area contributed by atoms with Gasteiger partial charge in [0.2, 0.25) is 11.3 Å². The van der Waals surface area contributed by atoms with E-state index in [2.05, 4.69) is 0 Å². The molecule has 0 saturated heterocycles. The third-order valence-corrected chi connectivity index (χ3v) is 7.10. The molecule has 0 aromatic heterocycles. The van der Waals surface area contributed by atoms with Crippen LogP contribution in [0.3, 0.4) is 0 Å². The monoisotopic (exact) mass is 850 g/mol. The van der Waals surface area contributed by atoms with Crippen molar-refractivity contribution in [1.29, 1.82) is 0 Å². The van der Waals surface area contributed by atoms with Crippen molar-refractivity contribution in [2.75, 3.05) is 0 Å². The Balaban J connectivity index is 6.96. The molecule has 0 aliphatic heterocycles. The third-order valence-electron chi connectivity index (χ3n) is 7.10. The second-order valence-electron chi connectivity index (χ2n) is 10.4. The number of carbonyl (C=O) groups is 1. The van der Waals surface area contributed by atoms with Crippen molar-refractivity contribution < 1.29 is 137 Å². The minimum Gasteiger partial charge on any atom is -0.300 e. The van der Waals surface area contributed by atoms with Crippen molar-refractivity contribution in [1.82, 2.24) is 0 Å². The van der Waals surface area contributed by atoms with Crippen molar-refractivity contribution in [3.63, 3.8) is 0 Å². The van der Waals surface area contributed by atoms with Crippen LogP contribution in [-0.4, -0.2) is 89.2 Å². The molecule has 1 nitrogen and oxygen atoms in total. The van der Waals surface area contributed by atoms with Crippen LogP contribution < -0.4 is 0 Å². The minimum atomic E-state index is -8.50. The zero-order valence-electron chi connectivity index (χ0n) is 23.5. The Hall–Kier alpha value is -2.43. The number of hydrogen-bond acceptors (Lipinski definition) is 1. The van der Waals surface area contributed by atoms with Gasteiger partial charge in [-0.2, -0.15) is 114 Å². The van der Waals surface area contributed by atoms with Crippen LogP contribution in [0.1, 0.15) is 38.5 Å². The Bertz CT molecular complexity index is 1120. The van der Waals surface area contributed by atoms with Crippen LogP contribution >= 0.6 is 0 Å². The summed E-state index contributed by atoms with van der Waals surface area (Å²) in [6.45, 7) is 0. The molecule has 0 aliphatic carbocycles. The van der Waals surface area contributed by atoms with Crippen molar-refractivity contribution in [2.45, 2.75) is 122 Å². The number of halogens is 30. The van der Waals surface area contributed by atoms with Crippen LogP contribution in [0.25, 0.3) is 0 Å². The van der Waals surface area contributed by atoms with Gasteiger partial charge in [-0.3, -0.25) is 4.79 Å². The first kappa shape index (κ1) is 49.6. The summed E-state index contributed by atoms with van der Waals surface area (Å²) in [7, 11) is 0. The lowest BCUT2D eigenvalue weighted by Crippen LogP contribution is -2.76. The summed E-state index contributed by atoms with van der Waals surface area (Å²) in [6, 6.07) is 0. The number of carbonyl (C=O) groups excluding carboxylic acids is 1. The fourth-order valence-corrected chi connectivity index (χ4v) is 4.35. The molecule has 0 rings (SSSR count). The van der Waals surface area contributed by atoms with Gasteiger partial charge in [0.15, 0.2) is 0 Å². The molecule has 0 bridgehead atoms. The standard InChI is InChI=1S/C21H12F30O/c22-8(10(24,16(34,35)36)17(37,38)39,12(26,27)14(30,31)20(46,47)48)5-1-3-7(52)4-2-6-9(23,11(25,18(40,41)42)19(43,44)45)13(28,29)15(32,33)21(49,50)51/h1-6H2. The van der Waals surface area contributed by atoms with E-state index >= 15 is 0 Å². The molecule has 31 heteroatoms. The van der Waals surface area contributed by atoms with Gasteiger partial charge in [0, 0.05) is 12.8 Å². The van der Waals surface area contributed by atoms with Gasteiger partial charge in [0.1, 0.15) is 5.78 Å². The zero-order valence-corrected chi connectivity index (χ0v) is 23.5. The maximum atomic E-state index is 15.0. The first-order valence-corrected chi connectivity index (χ1v) is 12.3. The van der Waals surface area contributed by atoms with Gasteiger partial charge in [-0.05, 0) is 25.7 Å². The highest BCUT2D eigenvalue weighted by Gasteiger charge is 2.95. The quantitative estimate of drug-likeness (QED) is 0.159. The largest absolute Gasteiger partial charge is 0.460 e. The number of rotatable bonds is 14. The van der Waals surface area contributed by atoms with E-state index in [1.54, 1.807) is 0 Å². The SMILES string of the molecule is O=C(CCCC(F)(C(F)(F)C(F)(F)C(F)(F)F)C(F)(C(F)(F)F)C(F)(F)F)CCCC(F)(C(F)(F)C(F)(F)C(F)(F)F)C(F)(C(F)(F)F)C(F)(F)F. The smallest absolute Gasteiger partial charge is 0.300 e. The van der Waals surface area contributed by atoms with Gasteiger partial charge in [0.25, 0.3) is 0 Å². The van der Waals surface area contributed by atoms with Crippen molar-refractivity contribution >= 4 is 5.78 Å². The Morgan fingerprint density at radius 1 is 0.288 bits per heavy atom. The normalized spacial score (nSPS) is 18.3. The topological polar surface area (TPSA) is 17.1 Å². The van der Waals surface area contributed by atoms with Crippen LogP contribution in [0, 0.1) is 0 Å². The molecule has 0 fully saturated rings. The lowest BCUT2D eigenvalue weighted by atomic mass is 9.73. The highest BCUT2D eigenvalue weighted by atomic mass is 19.5.